The van der Waals surface area contributed by atoms with Gasteiger partial charge in [0.15, 0.2) is 11.5 Å². The number of ether oxygens (including phenoxy) is 1. The summed E-state index contributed by atoms with van der Waals surface area (Å²) in [5.74, 6) is -6.73. The summed E-state index contributed by atoms with van der Waals surface area (Å²) >= 11 is 0. The number of para-hydroxylation sites is 1. The average Bonchev–Trinajstić information content (AvgIpc) is 1.61. The van der Waals surface area contributed by atoms with Crippen LogP contribution in [0.25, 0.3) is 0 Å². The maximum Gasteiger partial charge on any atom is 0.326 e. The van der Waals surface area contributed by atoms with Crippen molar-refractivity contribution < 1.29 is 102 Å². The lowest BCUT2D eigenvalue weighted by atomic mass is 9.81. The number of carboxylic acids is 3. The smallest absolute Gasteiger partial charge is 0.326 e. The van der Waals surface area contributed by atoms with Crippen LogP contribution >= 0.6 is 0 Å². The Morgan fingerprint density at radius 2 is 1.30 bits per heavy atom. The van der Waals surface area contributed by atoms with E-state index in [0.717, 1.165) is 34.5 Å². The number of urea groups is 1. The molecule has 0 bridgehead atoms. The highest BCUT2D eigenvalue weighted by atomic mass is 32.2. The molecule has 0 spiro atoms. The third-order valence-corrected chi connectivity index (χ3v) is 21.0. The van der Waals surface area contributed by atoms with E-state index in [0.29, 0.717) is 105 Å². The largest absolute Gasteiger partial charge is 0.481 e. The van der Waals surface area contributed by atoms with Crippen LogP contribution in [0.15, 0.2) is 119 Å². The van der Waals surface area contributed by atoms with Crippen LogP contribution in [0, 0.1) is 5.92 Å². The first-order valence-electron chi connectivity index (χ1n) is 34.9. The van der Waals surface area contributed by atoms with Gasteiger partial charge in [0, 0.05) is 92.7 Å². The number of anilines is 1. The Hall–Kier alpha value is -8.42. The van der Waals surface area contributed by atoms with E-state index in [4.69, 9.17) is 9.84 Å². The van der Waals surface area contributed by atoms with Crippen molar-refractivity contribution >= 4 is 94.8 Å². The maximum absolute atomic E-state index is 14.0. The first kappa shape index (κ1) is 83.5. The minimum Gasteiger partial charge on any atom is -0.481 e. The molecule has 10 N–H and O–H groups in total. The van der Waals surface area contributed by atoms with E-state index in [9.17, 15) is 87.5 Å². The van der Waals surface area contributed by atoms with Gasteiger partial charge in [0.25, 0.3) is 30.4 Å². The summed E-state index contributed by atoms with van der Waals surface area (Å²) in [6, 6.07) is 15.5. The van der Waals surface area contributed by atoms with Gasteiger partial charge in [0.1, 0.15) is 29.9 Å². The molecule has 0 aromatic heterocycles. The number of nitrogens with one attached hydrogen (secondary N) is 4. The number of nitrogens with zero attached hydrogens (tertiary/aromatic N) is 2. The van der Waals surface area contributed by atoms with Crippen LogP contribution in [0.4, 0.5) is 16.2 Å². The number of amides is 4. The second-order valence-corrected chi connectivity index (χ2v) is 31.9. The third-order valence-electron chi connectivity index (χ3n) is 18.6. The number of hydrogen-bond donors (Lipinski definition) is 10. The lowest BCUT2D eigenvalue weighted by Gasteiger charge is -2.27. The molecule has 2 aliphatic heterocycles. The van der Waals surface area contributed by atoms with E-state index in [2.05, 4.69) is 39.7 Å². The fourth-order valence-corrected chi connectivity index (χ4v) is 14.7. The van der Waals surface area contributed by atoms with Gasteiger partial charge in [-0.05, 0) is 156 Å². The molecule has 3 aliphatic rings. The van der Waals surface area contributed by atoms with Gasteiger partial charge >= 0.3 is 23.9 Å². The highest BCUT2D eigenvalue weighted by Crippen LogP contribution is 2.49. The summed E-state index contributed by atoms with van der Waals surface area (Å²) in [6.45, 7) is 10.7. The van der Waals surface area contributed by atoms with E-state index in [1.54, 1.807) is 37.3 Å². The van der Waals surface area contributed by atoms with E-state index in [-0.39, 0.29) is 93.9 Å². The number of ketones is 2. The fraction of sp³-hybridized carbons (Fsp3) is 0.521. The van der Waals surface area contributed by atoms with Crippen molar-refractivity contribution in [2.24, 2.45) is 5.92 Å². The highest BCUT2D eigenvalue weighted by molar-refractivity contribution is 7.86. The number of benzene rings is 3. The number of unbranched alkanes of at least 4 members (excludes halogenated alkanes) is 7. The Morgan fingerprint density at radius 3 is 1.94 bits per heavy atom. The predicted octanol–water partition coefficient (Wildman–Crippen LogP) is 9.63. The molecule has 103 heavy (non-hydrogen) atoms. The fourth-order valence-electron chi connectivity index (χ4n) is 13.1. The molecule has 30 heteroatoms. The normalized spacial score (nSPS) is 16.6. The topological polar surface area (TPSA) is 424 Å². The van der Waals surface area contributed by atoms with Gasteiger partial charge in [0.2, 0.25) is 17.5 Å². The lowest BCUT2D eigenvalue weighted by molar-refractivity contribution is -0.438. The Balaban J connectivity index is 1.18. The van der Waals surface area contributed by atoms with E-state index in [1.165, 1.54) is 12.1 Å². The van der Waals surface area contributed by atoms with Crippen LogP contribution < -0.4 is 30.9 Å². The summed E-state index contributed by atoms with van der Waals surface area (Å²) in [7, 11) is -13.1. The Labute approximate surface area is 603 Å². The molecule has 4 amide bonds. The van der Waals surface area contributed by atoms with Crippen molar-refractivity contribution in [1.82, 2.24) is 21.3 Å². The van der Waals surface area contributed by atoms with Crippen LogP contribution in [0.1, 0.15) is 186 Å². The van der Waals surface area contributed by atoms with Crippen molar-refractivity contribution in [3.05, 3.63) is 130 Å². The van der Waals surface area contributed by atoms with Crippen molar-refractivity contribution in [3.8, 4) is 5.75 Å². The molecule has 1 aliphatic carbocycles. The van der Waals surface area contributed by atoms with Gasteiger partial charge in [-0.1, -0.05) is 75.9 Å². The summed E-state index contributed by atoms with van der Waals surface area (Å²) in [5.41, 5.74) is 5.55. The number of aliphatic carboxylic acids is 3. The standard InChI is InChI=1S/C73H98N6O21S3/c1-6-74-66(83)48-59(76-65(82)26-12-10-8-7-9-11-23-53(80)32-36-58(70(88)89)77-71(90)75-40-20-27-67(84)85)62(81)46-52(69(86)87)45-49-28-33-54(34-29-49)100-68-50(30-38-63-72(2,3)56-24-13-14-25-60(56)78(63)41-15-17-43-101(91,92)93)21-19-22-51(68)31-39-64-73(4,5)57-47-55(103(97,98)99)35-37-61(57)79(64)42-16-18-44-102(94,95)96/h13-14,24-25,28-31,33-35,37-39,47,52,58-59H,6-12,15-23,26-27,32,36,40-46,48H2,1-5H3,(H9-,74,75,76,77,82,83,84,85,86,87,88,89,90,91,92,93,94,95,96,97,98,99)/p+1/t52-,58+,59+/m1/s1. The first-order chi connectivity index (χ1) is 48.5. The van der Waals surface area contributed by atoms with Crippen LogP contribution in [-0.4, -0.2) is 162 Å². The zero-order valence-corrected chi connectivity index (χ0v) is 61.6. The van der Waals surface area contributed by atoms with E-state index >= 15 is 0 Å². The molecule has 0 unspecified atom stereocenters. The number of fused-ring (bicyclic) bond motifs is 2. The zero-order chi connectivity index (χ0) is 75.9. The number of allylic oxidation sites excluding steroid dienone is 7. The molecular weight excluding hydrogens is 1390 g/mol. The number of rotatable bonds is 44. The Bertz CT molecular complexity index is 4100. The number of carboxylic acid groups (broad SMARTS) is 3. The predicted molar refractivity (Wildman–Crippen MR) is 386 cm³/mol. The molecule has 564 valence electrons. The Kier molecular flexibility index (Phi) is 31.1. The third kappa shape index (κ3) is 26.0. The Morgan fingerprint density at radius 1 is 0.641 bits per heavy atom. The number of carbonyl (C=O) groups is 8. The van der Waals surface area contributed by atoms with Gasteiger partial charge in [0.05, 0.1) is 40.2 Å². The number of carbonyl (C=O) groups excluding carboxylic acids is 5. The monoisotopic (exact) mass is 1490 g/mol. The lowest BCUT2D eigenvalue weighted by Crippen LogP contribution is -2.46. The quantitative estimate of drug-likeness (QED) is 0.0143. The van der Waals surface area contributed by atoms with Crippen molar-refractivity contribution in [3.63, 3.8) is 0 Å². The van der Waals surface area contributed by atoms with Crippen LogP contribution in [0.3, 0.4) is 0 Å². The van der Waals surface area contributed by atoms with Gasteiger partial charge < -0.3 is 46.2 Å². The molecule has 0 saturated heterocycles. The van der Waals surface area contributed by atoms with Crippen molar-refractivity contribution in [2.45, 2.75) is 204 Å². The molecule has 27 nitrogen and oxygen atoms in total. The number of Topliss-reactive ketones (excluding diaryl/α,β-unsaturated/α-hetero) is 2. The van der Waals surface area contributed by atoms with Crippen LogP contribution in [0.5, 0.6) is 5.75 Å². The van der Waals surface area contributed by atoms with Gasteiger partial charge in [-0.15, -0.1) is 0 Å². The van der Waals surface area contributed by atoms with Gasteiger partial charge in [-0.3, -0.25) is 42.4 Å². The minimum absolute atomic E-state index is 0.0185. The SMILES string of the molecule is CCNC(=O)C[C@H](NC(=O)CCCCCCCCC(=O)CC[C@H](NC(=O)NCCCC(=O)O)C(=O)O)C(=O)C[C@@H](Cc1ccc(OC2=C(/C=C/C3=[N+](CCCCS(=O)(=O)O)c4ccccc4C3(C)C)CCC/C2=C\C=C2\N(CCCCS(=O)(=O)O)c3ccc(S(=O)(=O)O)cc3C2(C)C)cc1)C(=O)O. The summed E-state index contributed by atoms with van der Waals surface area (Å²) in [6.07, 6.45) is 13.5. The molecule has 3 aromatic carbocycles. The second kappa shape index (κ2) is 38.4. The molecular formula is C73H99N6O21S3+. The summed E-state index contributed by atoms with van der Waals surface area (Å²) in [4.78, 5) is 102. The zero-order valence-electron chi connectivity index (χ0n) is 59.1. The number of hydrogen-bond acceptors (Lipinski definition) is 16. The second-order valence-electron chi connectivity index (χ2n) is 27.3. The molecule has 0 saturated carbocycles. The van der Waals surface area contributed by atoms with Crippen molar-refractivity contribution in [2.75, 3.05) is 42.6 Å². The molecule has 0 fully saturated rings. The minimum atomic E-state index is -4.61. The van der Waals surface area contributed by atoms with E-state index < -0.39 is 119 Å². The van der Waals surface area contributed by atoms with Gasteiger partial charge in [-0.25, -0.2) is 9.59 Å². The van der Waals surface area contributed by atoms with Crippen molar-refractivity contribution in [1.29, 1.82) is 0 Å². The maximum atomic E-state index is 14.0. The average molecular weight is 1490 g/mol. The molecule has 3 aromatic rings. The highest BCUT2D eigenvalue weighted by Gasteiger charge is 2.45. The van der Waals surface area contributed by atoms with Gasteiger partial charge in [-0.2, -0.15) is 29.8 Å². The molecule has 0 radical (unpaired) electrons. The summed E-state index contributed by atoms with van der Waals surface area (Å²) < 4.78 is 110. The van der Waals surface area contributed by atoms with Crippen LogP contribution in [-0.2, 0) is 81.2 Å². The molecule has 3 atom stereocenters. The van der Waals surface area contributed by atoms with E-state index in [1.807, 2.05) is 67.3 Å². The first-order valence-corrected chi connectivity index (χ1v) is 39.6. The molecule has 2 heterocycles. The van der Waals surface area contributed by atoms with Crippen LogP contribution in [0.2, 0.25) is 0 Å². The summed E-state index contributed by atoms with van der Waals surface area (Å²) in [5, 5.41) is 38.8. The molecule has 6 rings (SSSR count).